The van der Waals surface area contributed by atoms with Gasteiger partial charge in [0.15, 0.2) is 11.8 Å². The minimum Gasteiger partial charge on any atom is -0.328 e. The van der Waals surface area contributed by atoms with Crippen molar-refractivity contribution in [3.63, 3.8) is 0 Å². The van der Waals surface area contributed by atoms with Gasteiger partial charge in [0.2, 0.25) is 0 Å². The molecule has 0 aliphatic carbocycles. The Morgan fingerprint density at radius 3 is 2.78 bits per heavy atom. The largest absolute Gasteiger partial charge is 0.328 e. The first-order valence-electron chi connectivity index (χ1n) is 5.97. The highest BCUT2D eigenvalue weighted by Gasteiger charge is 2.41. The van der Waals surface area contributed by atoms with Gasteiger partial charge in [-0.1, -0.05) is 18.2 Å². The van der Waals surface area contributed by atoms with Gasteiger partial charge < -0.3 is 9.36 Å². The third kappa shape index (κ3) is 1.32. The molecule has 18 heavy (non-hydrogen) atoms. The maximum Gasteiger partial charge on any atom is 0.159 e. The Bertz CT molecular complexity index is 643. The Hall–Kier alpha value is -2.10. The molecule has 0 saturated carbocycles. The van der Waals surface area contributed by atoms with E-state index in [1.807, 2.05) is 54.0 Å². The molecule has 1 aromatic carbocycles. The third-order valence-electron chi connectivity index (χ3n) is 3.64. The predicted octanol–water partition coefficient (Wildman–Crippen LogP) is 1.86. The molecule has 4 heteroatoms. The fourth-order valence-corrected chi connectivity index (χ4v) is 2.70. The van der Waals surface area contributed by atoms with Gasteiger partial charge in [-0.05, 0) is 24.4 Å². The van der Waals surface area contributed by atoms with Gasteiger partial charge in [0.1, 0.15) is 0 Å². The van der Waals surface area contributed by atoms with Gasteiger partial charge in [0.05, 0.1) is 12.3 Å². The number of para-hydroxylation sites is 1. The molecule has 4 nitrogen and oxygen atoms in total. The van der Waals surface area contributed by atoms with E-state index in [0.29, 0.717) is 6.54 Å². The average molecular weight is 241 g/mol. The maximum absolute atomic E-state index is 11.7. The highest BCUT2D eigenvalue weighted by atomic mass is 16.1. The summed E-state index contributed by atoms with van der Waals surface area (Å²) < 4.78 is 2.03. The number of fused-ring (bicyclic) bond motifs is 1. The summed E-state index contributed by atoms with van der Waals surface area (Å²) in [5.74, 6) is 0. The number of carbonyl (C=O) groups is 1. The third-order valence-corrected chi connectivity index (χ3v) is 3.64. The van der Waals surface area contributed by atoms with Crippen LogP contribution in [-0.4, -0.2) is 35.2 Å². The van der Waals surface area contributed by atoms with E-state index in [2.05, 4.69) is 11.2 Å². The van der Waals surface area contributed by atoms with Crippen LogP contribution >= 0.6 is 0 Å². The fourth-order valence-electron chi connectivity index (χ4n) is 2.70. The first kappa shape index (κ1) is 11.0. The molecule has 0 saturated heterocycles. The SMILES string of the molecule is CC1=NN(C)CC1(C=O)n1ccc2ccccc21. The average Bonchev–Trinajstić information content (AvgIpc) is 2.91. The molecule has 0 bridgehead atoms. The van der Waals surface area contributed by atoms with Crippen LogP contribution in [0.3, 0.4) is 0 Å². The number of benzene rings is 1. The van der Waals surface area contributed by atoms with Crippen LogP contribution in [0, 0.1) is 0 Å². The summed E-state index contributed by atoms with van der Waals surface area (Å²) in [5.41, 5.74) is 1.23. The molecule has 3 rings (SSSR count). The van der Waals surface area contributed by atoms with Crippen molar-refractivity contribution in [2.75, 3.05) is 13.6 Å². The molecule has 0 fully saturated rings. The van der Waals surface area contributed by atoms with E-state index in [1.54, 1.807) is 0 Å². The number of carbonyl (C=O) groups excluding carboxylic acids is 1. The highest BCUT2D eigenvalue weighted by Crippen LogP contribution is 2.29. The van der Waals surface area contributed by atoms with Crippen molar-refractivity contribution in [3.8, 4) is 0 Å². The van der Waals surface area contributed by atoms with Gasteiger partial charge in [-0.3, -0.25) is 5.01 Å². The molecule has 2 heterocycles. The van der Waals surface area contributed by atoms with Crippen LogP contribution in [0.5, 0.6) is 0 Å². The molecule has 0 N–H and O–H groups in total. The van der Waals surface area contributed by atoms with E-state index < -0.39 is 5.54 Å². The highest BCUT2D eigenvalue weighted by molar-refractivity contribution is 6.05. The molecule has 1 aliphatic heterocycles. The fraction of sp³-hybridized carbons (Fsp3) is 0.286. The van der Waals surface area contributed by atoms with Crippen LogP contribution in [-0.2, 0) is 10.3 Å². The van der Waals surface area contributed by atoms with E-state index in [0.717, 1.165) is 22.9 Å². The molecule has 1 aliphatic rings. The Morgan fingerprint density at radius 1 is 1.33 bits per heavy atom. The lowest BCUT2D eigenvalue weighted by atomic mass is 9.96. The van der Waals surface area contributed by atoms with Crippen molar-refractivity contribution in [2.45, 2.75) is 12.5 Å². The Labute approximate surface area is 106 Å². The van der Waals surface area contributed by atoms with Crippen LogP contribution in [0.1, 0.15) is 6.92 Å². The Balaban J connectivity index is 2.25. The maximum atomic E-state index is 11.7. The molecule has 2 aromatic rings. The predicted molar refractivity (Wildman–Crippen MR) is 71.7 cm³/mol. The Kier molecular flexibility index (Phi) is 2.26. The number of rotatable bonds is 2. The molecule has 0 spiro atoms. The smallest absolute Gasteiger partial charge is 0.159 e. The number of nitrogens with zero attached hydrogens (tertiary/aromatic N) is 3. The first-order chi connectivity index (χ1) is 8.67. The second kappa shape index (κ2) is 3.70. The lowest BCUT2D eigenvalue weighted by Gasteiger charge is -2.26. The van der Waals surface area contributed by atoms with Crippen molar-refractivity contribution < 1.29 is 4.79 Å². The summed E-state index contributed by atoms with van der Waals surface area (Å²) in [6.45, 7) is 2.49. The number of aldehydes is 1. The van der Waals surface area contributed by atoms with Crippen LogP contribution in [0.25, 0.3) is 10.9 Å². The van der Waals surface area contributed by atoms with E-state index in [4.69, 9.17) is 0 Å². The second-order valence-corrected chi connectivity index (χ2v) is 4.79. The summed E-state index contributed by atoms with van der Waals surface area (Å²) >= 11 is 0. The zero-order chi connectivity index (χ0) is 12.8. The van der Waals surface area contributed by atoms with Gasteiger partial charge in [0, 0.05) is 18.8 Å². The lowest BCUT2D eigenvalue weighted by Crippen LogP contribution is -2.44. The van der Waals surface area contributed by atoms with Crippen molar-refractivity contribution in [1.29, 1.82) is 0 Å². The number of hydrazone groups is 1. The zero-order valence-electron chi connectivity index (χ0n) is 10.5. The van der Waals surface area contributed by atoms with Gasteiger partial charge in [-0.15, -0.1) is 0 Å². The molecule has 0 radical (unpaired) electrons. The van der Waals surface area contributed by atoms with Gasteiger partial charge >= 0.3 is 0 Å². The first-order valence-corrected chi connectivity index (χ1v) is 5.97. The van der Waals surface area contributed by atoms with E-state index in [-0.39, 0.29) is 0 Å². The minimum absolute atomic E-state index is 0.584. The van der Waals surface area contributed by atoms with Crippen LogP contribution in [0.2, 0.25) is 0 Å². The molecule has 1 atom stereocenters. The number of aromatic nitrogens is 1. The molecule has 0 amide bonds. The summed E-state index contributed by atoms with van der Waals surface area (Å²) in [7, 11) is 1.89. The number of hydrogen-bond acceptors (Lipinski definition) is 3. The topological polar surface area (TPSA) is 37.6 Å². The normalized spacial score (nSPS) is 23.4. The Morgan fingerprint density at radius 2 is 2.11 bits per heavy atom. The summed E-state index contributed by atoms with van der Waals surface area (Å²) in [4.78, 5) is 11.7. The lowest BCUT2D eigenvalue weighted by molar-refractivity contribution is -0.112. The summed E-state index contributed by atoms with van der Waals surface area (Å²) in [6.07, 6.45) is 2.97. The van der Waals surface area contributed by atoms with Crippen LogP contribution in [0.15, 0.2) is 41.6 Å². The van der Waals surface area contributed by atoms with E-state index in [9.17, 15) is 4.79 Å². The van der Waals surface area contributed by atoms with Gasteiger partial charge in [0.25, 0.3) is 0 Å². The van der Waals surface area contributed by atoms with Crippen molar-refractivity contribution in [3.05, 3.63) is 36.5 Å². The van der Waals surface area contributed by atoms with E-state index in [1.165, 1.54) is 0 Å². The van der Waals surface area contributed by atoms with Crippen molar-refractivity contribution in [2.24, 2.45) is 5.10 Å². The number of likely N-dealkylation sites (N-methyl/N-ethyl adjacent to an activating group) is 1. The molecular formula is C14H15N3O. The van der Waals surface area contributed by atoms with Crippen molar-refractivity contribution >= 4 is 22.9 Å². The molecule has 1 aromatic heterocycles. The summed E-state index contributed by atoms with van der Waals surface area (Å²) in [5, 5.41) is 7.33. The standard InChI is InChI=1S/C14H15N3O/c1-11-14(10-18,9-16(2)15-11)17-8-7-12-5-3-4-6-13(12)17/h3-8,10H,9H2,1-2H3. The van der Waals surface area contributed by atoms with Gasteiger partial charge in [-0.2, -0.15) is 5.10 Å². The zero-order valence-corrected chi connectivity index (χ0v) is 10.5. The van der Waals surface area contributed by atoms with Gasteiger partial charge in [-0.25, -0.2) is 0 Å². The van der Waals surface area contributed by atoms with Crippen molar-refractivity contribution in [1.82, 2.24) is 9.58 Å². The molecule has 92 valence electrons. The minimum atomic E-state index is -0.669. The molecule has 1 unspecified atom stereocenters. The quantitative estimate of drug-likeness (QED) is 0.753. The van der Waals surface area contributed by atoms with Crippen LogP contribution in [0.4, 0.5) is 0 Å². The van der Waals surface area contributed by atoms with E-state index >= 15 is 0 Å². The molecular weight excluding hydrogens is 226 g/mol. The van der Waals surface area contributed by atoms with Crippen LogP contribution < -0.4 is 0 Å². The number of hydrogen-bond donors (Lipinski definition) is 0. The monoisotopic (exact) mass is 241 g/mol. The second-order valence-electron chi connectivity index (χ2n) is 4.79. The summed E-state index contributed by atoms with van der Waals surface area (Å²) in [6, 6.07) is 10.1.